The average molecular weight is 449 g/mol. The number of likely N-dealkylation sites (tertiary alicyclic amines) is 1. The van der Waals surface area contributed by atoms with E-state index in [1.807, 2.05) is 55.1 Å². The molecule has 4 rings (SSSR count). The van der Waals surface area contributed by atoms with Crippen molar-refractivity contribution in [3.05, 3.63) is 53.1 Å². The summed E-state index contributed by atoms with van der Waals surface area (Å²) in [4.78, 5) is 30.4. The molecule has 6 heteroatoms. The molecule has 2 aromatic rings. The second-order valence-electron chi connectivity index (χ2n) is 9.63. The molecule has 3 amide bonds. The number of anilines is 3. The van der Waals surface area contributed by atoms with Crippen molar-refractivity contribution >= 4 is 29.0 Å². The molecule has 0 saturated carbocycles. The molecule has 2 fully saturated rings. The number of urea groups is 1. The number of nitrogens with one attached hydrogen (secondary N) is 2. The van der Waals surface area contributed by atoms with E-state index in [1.54, 1.807) is 0 Å². The normalized spacial score (nSPS) is 17.1. The maximum Gasteiger partial charge on any atom is 0.323 e. The quantitative estimate of drug-likeness (QED) is 0.620. The van der Waals surface area contributed by atoms with Gasteiger partial charge in [-0.2, -0.15) is 0 Å². The summed E-state index contributed by atoms with van der Waals surface area (Å²) in [5, 5.41) is 5.82. The number of benzene rings is 2. The van der Waals surface area contributed by atoms with E-state index >= 15 is 0 Å². The second kappa shape index (κ2) is 10.3. The summed E-state index contributed by atoms with van der Waals surface area (Å²) < 4.78 is 0. The Bertz CT molecular complexity index is 1010. The van der Waals surface area contributed by atoms with Gasteiger partial charge in [0, 0.05) is 43.2 Å². The lowest BCUT2D eigenvalue weighted by Gasteiger charge is -2.35. The zero-order valence-corrected chi connectivity index (χ0v) is 20.1. The summed E-state index contributed by atoms with van der Waals surface area (Å²) in [5.41, 5.74) is 5.37. The summed E-state index contributed by atoms with van der Waals surface area (Å²) >= 11 is 0. The number of carbonyl (C=O) groups excluding carboxylic acids is 2. The fourth-order valence-corrected chi connectivity index (χ4v) is 4.69. The van der Waals surface area contributed by atoms with Crippen molar-refractivity contribution in [1.82, 2.24) is 4.90 Å². The predicted octanol–water partition coefficient (Wildman–Crippen LogP) is 5.81. The molecule has 2 aromatic carbocycles. The first kappa shape index (κ1) is 23.1. The van der Waals surface area contributed by atoms with Crippen LogP contribution in [0.15, 0.2) is 36.4 Å². The first-order valence-corrected chi connectivity index (χ1v) is 12.2. The fourth-order valence-electron chi connectivity index (χ4n) is 4.69. The van der Waals surface area contributed by atoms with E-state index in [2.05, 4.69) is 22.5 Å². The maximum atomic E-state index is 13.5. The highest BCUT2D eigenvalue weighted by Crippen LogP contribution is 2.30. The van der Waals surface area contributed by atoms with Crippen LogP contribution in [0.2, 0.25) is 0 Å². The molecule has 2 N–H and O–H groups in total. The molecule has 0 bridgehead atoms. The van der Waals surface area contributed by atoms with E-state index in [-0.39, 0.29) is 11.9 Å². The fraction of sp³-hybridized carbons (Fsp3) is 0.481. The zero-order chi connectivity index (χ0) is 23.4. The molecule has 0 atom stereocenters. The summed E-state index contributed by atoms with van der Waals surface area (Å²) in [7, 11) is 0. The van der Waals surface area contributed by atoms with Crippen LogP contribution in [0.3, 0.4) is 0 Å². The smallest absolute Gasteiger partial charge is 0.323 e. The Balaban J connectivity index is 1.54. The van der Waals surface area contributed by atoms with Crippen LogP contribution < -0.4 is 15.5 Å². The third-order valence-corrected chi connectivity index (χ3v) is 7.02. The molecule has 0 aromatic heterocycles. The molecule has 176 valence electrons. The Hall–Kier alpha value is -3.02. The van der Waals surface area contributed by atoms with Crippen molar-refractivity contribution in [2.75, 3.05) is 41.7 Å². The molecule has 0 aliphatic carbocycles. The van der Waals surface area contributed by atoms with Crippen LogP contribution in [-0.4, -0.2) is 43.0 Å². The van der Waals surface area contributed by atoms with Crippen LogP contribution in [0.1, 0.15) is 60.5 Å². The SMILES string of the molecule is Cc1ccc(NC(=O)Nc2ccc(N3CCC(C)CC3)c(C(=O)N3CCCCC3)c2)cc1C. The Morgan fingerprint density at radius 2 is 1.45 bits per heavy atom. The first-order chi connectivity index (χ1) is 15.9. The number of hydrogen-bond acceptors (Lipinski definition) is 3. The van der Waals surface area contributed by atoms with Crippen LogP contribution in [0.5, 0.6) is 0 Å². The monoisotopic (exact) mass is 448 g/mol. The maximum absolute atomic E-state index is 13.5. The van der Waals surface area contributed by atoms with E-state index in [1.165, 1.54) is 12.0 Å². The lowest BCUT2D eigenvalue weighted by atomic mass is 9.97. The number of amides is 3. The number of aryl methyl sites for hydroxylation is 2. The van der Waals surface area contributed by atoms with E-state index < -0.39 is 0 Å². The molecule has 33 heavy (non-hydrogen) atoms. The van der Waals surface area contributed by atoms with Gasteiger partial charge in [-0.05, 0) is 93.3 Å². The van der Waals surface area contributed by atoms with Crippen LogP contribution in [0, 0.1) is 19.8 Å². The molecular formula is C27H36N4O2. The van der Waals surface area contributed by atoms with Crippen LogP contribution >= 0.6 is 0 Å². The highest BCUT2D eigenvalue weighted by Gasteiger charge is 2.25. The van der Waals surface area contributed by atoms with Gasteiger partial charge in [0.25, 0.3) is 5.91 Å². The van der Waals surface area contributed by atoms with Gasteiger partial charge in [0.05, 0.1) is 5.56 Å². The lowest BCUT2D eigenvalue weighted by Crippen LogP contribution is -2.38. The minimum absolute atomic E-state index is 0.0709. The number of nitrogens with zero attached hydrogens (tertiary/aromatic N) is 2. The standard InChI is InChI=1S/C27H36N4O2/c1-19-11-15-30(16-12-19)25-10-9-23(18-24(25)26(32)31-13-5-4-6-14-31)29-27(33)28-22-8-7-20(2)21(3)17-22/h7-10,17-19H,4-6,11-16H2,1-3H3,(H2,28,29,33). The highest BCUT2D eigenvalue weighted by molar-refractivity contribution is 6.04. The summed E-state index contributed by atoms with van der Waals surface area (Å²) in [6.07, 6.45) is 5.56. The Labute approximate surface area is 197 Å². The van der Waals surface area contributed by atoms with Crippen molar-refractivity contribution in [1.29, 1.82) is 0 Å². The molecule has 0 spiro atoms. The number of piperidine rings is 2. The Morgan fingerprint density at radius 1 is 0.818 bits per heavy atom. The second-order valence-corrected chi connectivity index (χ2v) is 9.63. The van der Waals surface area contributed by atoms with Gasteiger partial charge in [0.2, 0.25) is 0 Å². The van der Waals surface area contributed by atoms with Crippen molar-refractivity contribution in [2.24, 2.45) is 5.92 Å². The number of rotatable bonds is 4. The van der Waals surface area contributed by atoms with E-state index in [4.69, 9.17) is 0 Å². The average Bonchev–Trinajstić information content (AvgIpc) is 2.82. The lowest BCUT2D eigenvalue weighted by molar-refractivity contribution is 0.0725. The van der Waals surface area contributed by atoms with E-state index in [0.717, 1.165) is 74.7 Å². The van der Waals surface area contributed by atoms with Gasteiger partial charge in [-0.3, -0.25) is 4.79 Å². The highest BCUT2D eigenvalue weighted by atomic mass is 16.2. The molecule has 0 radical (unpaired) electrons. The summed E-state index contributed by atoms with van der Waals surface area (Å²) in [5.74, 6) is 0.791. The van der Waals surface area contributed by atoms with Crippen molar-refractivity contribution in [3.8, 4) is 0 Å². The molecule has 2 aliphatic heterocycles. The van der Waals surface area contributed by atoms with Crippen LogP contribution in [-0.2, 0) is 0 Å². The zero-order valence-electron chi connectivity index (χ0n) is 20.1. The van der Waals surface area contributed by atoms with Gasteiger partial charge in [-0.1, -0.05) is 13.0 Å². The van der Waals surface area contributed by atoms with Crippen LogP contribution in [0.25, 0.3) is 0 Å². The van der Waals surface area contributed by atoms with Gasteiger partial charge in [0.1, 0.15) is 0 Å². The topological polar surface area (TPSA) is 64.7 Å². The minimum atomic E-state index is -0.311. The van der Waals surface area contributed by atoms with Gasteiger partial charge in [-0.25, -0.2) is 4.79 Å². The Morgan fingerprint density at radius 3 is 2.12 bits per heavy atom. The van der Waals surface area contributed by atoms with E-state index in [9.17, 15) is 9.59 Å². The molecule has 2 saturated heterocycles. The minimum Gasteiger partial charge on any atom is -0.371 e. The third-order valence-electron chi connectivity index (χ3n) is 7.02. The third kappa shape index (κ3) is 5.67. The van der Waals surface area contributed by atoms with Crippen LogP contribution in [0.4, 0.5) is 21.9 Å². The Kier molecular flexibility index (Phi) is 7.21. The number of carbonyl (C=O) groups is 2. The molecular weight excluding hydrogens is 412 g/mol. The largest absolute Gasteiger partial charge is 0.371 e. The van der Waals surface area contributed by atoms with Gasteiger partial charge >= 0.3 is 6.03 Å². The predicted molar refractivity (Wildman–Crippen MR) is 135 cm³/mol. The molecule has 6 nitrogen and oxygen atoms in total. The van der Waals surface area contributed by atoms with Crippen molar-refractivity contribution < 1.29 is 9.59 Å². The first-order valence-electron chi connectivity index (χ1n) is 12.2. The van der Waals surface area contributed by atoms with Crippen molar-refractivity contribution in [2.45, 2.75) is 52.9 Å². The molecule has 2 aliphatic rings. The summed E-state index contributed by atoms with van der Waals surface area (Å²) in [6, 6.07) is 11.3. The summed E-state index contributed by atoms with van der Waals surface area (Å²) in [6.45, 7) is 9.89. The van der Waals surface area contributed by atoms with Gasteiger partial charge in [0.15, 0.2) is 0 Å². The van der Waals surface area contributed by atoms with Crippen molar-refractivity contribution in [3.63, 3.8) is 0 Å². The number of hydrogen-bond donors (Lipinski definition) is 2. The molecule has 2 heterocycles. The van der Waals surface area contributed by atoms with Gasteiger partial charge < -0.3 is 20.4 Å². The van der Waals surface area contributed by atoms with Gasteiger partial charge in [-0.15, -0.1) is 0 Å². The van der Waals surface area contributed by atoms with E-state index in [0.29, 0.717) is 11.3 Å². The molecule has 0 unspecified atom stereocenters.